The number of aliphatic hydroxyl groups is 1. The van der Waals surface area contributed by atoms with Crippen LogP contribution in [0.25, 0.3) is 16.9 Å². The van der Waals surface area contributed by atoms with Crippen LogP contribution in [0.4, 0.5) is 10.5 Å². The zero-order valence-electron chi connectivity index (χ0n) is 14.8. The van der Waals surface area contributed by atoms with Gasteiger partial charge in [0.25, 0.3) is 0 Å². The lowest BCUT2D eigenvalue weighted by Crippen LogP contribution is -2.27. The minimum atomic E-state index is -0.575. The highest BCUT2D eigenvalue weighted by molar-refractivity contribution is 9.10. The molecule has 1 aromatic carbocycles. The Bertz CT molecular complexity index is 943. The fraction of sp³-hybridized carbons (Fsp3) is 0.263. The predicted molar refractivity (Wildman–Crippen MR) is 104 cm³/mol. The lowest BCUT2D eigenvalue weighted by atomic mass is 10.1. The van der Waals surface area contributed by atoms with Crippen molar-refractivity contribution in [1.29, 1.82) is 0 Å². The van der Waals surface area contributed by atoms with E-state index in [1.807, 2.05) is 24.3 Å². The number of pyridine rings is 1. The number of imidazole rings is 1. The number of halogens is 1. The number of nitrogens with one attached hydrogen (secondary N) is 1. The van der Waals surface area contributed by atoms with Gasteiger partial charge in [-0.1, -0.05) is 28.1 Å². The van der Waals surface area contributed by atoms with Crippen LogP contribution in [0.2, 0.25) is 0 Å². The number of aromatic nitrogens is 2. The van der Waals surface area contributed by atoms with Gasteiger partial charge in [0, 0.05) is 16.2 Å². The average molecular weight is 418 g/mol. The molecule has 0 bridgehead atoms. The minimum absolute atomic E-state index is 0.178. The van der Waals surface area contributed by atoms with E-state index in [0.717, 1.165) is 10.0 Å². The van der Waals surface area contributed by atoms with Gasteiger partial charge in [0.05, 0.1) is 23.7 Å². The molecular formula is C19H20BrN3O3. The molecule has 6 nitrogen and oxygen atoms in total. The first-order valence-corrected chi connectivity index (χ1v) is 8.94. The molecule has 0 unspecified atom stereocenters. The van der Waals surface area contributed by atoms with Gasteiger partial charge in [-0.2, -0.15) is 0 Å². The van der Waals surface area contributed by atoms with Gasteiger partial charge < -0.3 is 9.84 Å². The predicted octanol–water partition coefficient (Wildman–Crippen LogP) is 4.60. The van der Waals surface area contributed by atoms with Crippen molar-refractivity contribution in [3.8, 4) is 11.3 Å². The van der Waals surface area contributed by atoms with Crippen LogP contribution in [0, 0.1) is 0 Å². The second kappa shape index (κ2) is 7.09. The molecule has 0 radical (unpaired) electrons. The summed E-state index contributed by atoms with van der Waals surface area (Å²) in [5.74, 6) is 0. The second-order valence-electron chi connectivity index (χ2n) is 6.84. The Kier molecular flexibility index (Phi) is 5.02. The van der Waals surface area contributed by atoms with E-state index < -0.39 is 11.7 Å². The standard InChI is InChI=1S/C19H20BrN3O3/c1-19(2,3)26-18(25)21-14-8-9-16-22-17(15(11-24)23(16)10-14)12-4-6-13(20)7-5-12/h4-10,24H,11H2,1-3H3,(H,21,25). The highest BCUT2D eigenvalue weighted by Gasteiger charge is 2.17. The van der Waals surface area contributed by atoms with Crippen molar-refractivity contribution in [1.82, 2.24) is 9.38 Å². The average Bonchev–Trinajstić information content (AvgIpc) is 2.91. The summed E-state index contributed by atoms with van der Waals surface area (Å²) in [6.07, 6.45) is 1.19. The van der Waals surface area contributed by atoms with Gasteiger partial charge in [-0.05, 0) is 45.0 Å². The van der Waals surface area contributed by atoms with E-state index >= 15 is 0 Å². The smallest absolute Gasteiger partial charge is 0.412 e. The molecule has 0 atom stereocenters. The van der Waals surface area contributed by atoms with Gasteiger partial charge in [-0.25, -0.2) is 9.78 Å². The topological polar surface area (TPSA) is 75.9 Å². The molecule has 0 spiro atoms. The number of carbonyl (C=O) groups is 1. The Hall–Kier alpha value is -2.38. The van der Waals surface area contributed by atoms with Gasteiger partial charge in [0.2, 0.25) is 0 Å². The van der Waals surface area contributed by atoms with Crippen LogP contribution in [0.5, 0.6) is 0 Å². The molecule has 0 saturated carbocycles. The molecule has 3 rings (SSSR count). The Labute approximate surface area is 160 Å². The molecular weight excluding hydrogens is 398 g/mol. The Morgan fingerprint density at radius 1 is 1.23 bits per heavy atom. The summed E-state index contributed by atoms with van der Waals surface area (Å²) in [5, 5.41) is 12.6. The normalized spacial score (nSPS) is 11.6. The molecule has 1 amide bonds. The number of aliphatic hydroxyl groups excluding tert-OH is 1. The maximum absolute atomic E-state index is 12.0. The third-order valence-electron chi connectivity index (χ3n) is 3.63. The van der Waals surface area contributed by atoms with Crippen molar-refractivity contribution in [2.75, 3.05) is 5.32 Å². The van der Waals surface area contributed by atoms with E-state index in [9.17, 15) is 9.90 Å². The molecule has 0 aliphatic heterocycles. The summed E-state index contributed by atoms with van der Waals surface area (Å²) in [5.41, 5.74) is 2.92. The molecule has 0 saturated heterocycles. The second-order valence-corrected chi connectivity index (χ2v) is 7.76. The first-order valence-electron chi connectivity index (χ1n) is 8.14. The molecule has 2 aromatic heterocycles. The molecule has 3 aromatic rings. The number of ether oxygens (including phenoxy) is 1. The zero-order chi connectivity index (χ0) is 18.9. The number of rotatable bonds is 3. The van der Waals surface area contributed by atoms with E-state index in [4.69, 9.17) is 4.74 Å². The van der Waals surface area contributed by atoms with Crippen LogP contribution in [0.1, 0.15) is 26.5 Å². The Morgan fingerprint density at radius 3 is 2.54 bits per heavy atom. The van der Waals surface area contributed by atoms with Crippen LogP contribution in [0.3, 0.4) is 0 Å². The van der Waals surface area contributed by atoms with Gasteiger partial charge in [-0.15, -0.1) is 0 Å². The van der Waals surface area contributed by atoms with Crippen LogP contribution >= 0.6 is 15.9 Å². The number of amides is 1. The van der Waals surface area contributed by atoms with E-state index in [-0.39, 0.29) is 6.61 Å². The van der Waals surface area contributed by atoms with Crippen molar-refractivity contribution in [2.45, 2.75) is 33.0 Å². The SMILES string of the molecule is CC(C)(C)OC(=O)Nc1ccc2nc(-c3ccc(Br)cc3)c(CO)n2c1. The summed E-state index contributed by atoms with van der Waals surface area (Å²) >= 11 is 3.41. The van der Waals surface area contributed by atoms with Crippen molar-refractivity contribution in [3.05, 3.63) is 52.8 Å². The van der Waals surface area contributed by atoms with Gasteiger partial charge in [0.1, 0.15) is 11.2 Å². The summed E-state index contributed by atoms with van der Waals surface area (Å²) in [6.45, 7) is 5.24. The summed E-state index contributed by atoms with van der Waals surface area (Å²) in [7, 11) is 0. The fourth-order valence-corrected chi connectivity index (χ4v) is 2.84. The van der Waals surface area contributed by atoms with E-state index in [2.05, 4.69) is 26.2 Å². The monoisotopic (exact) mass is 417 g/mol. The van der Waals surface area contributed by atoms with Crippen molar-refractivity contribution < 1.29 is 14.6 Å². The summed E-state index contributed by atoms with van der Waals surface area (Å²) < 4.78 is 8.01. The number of fused-ring (bicyclic) bond motifs is 1. The summed E-state index contributed by atoms with van der Waals surface area (Å²) in [6, 6.07) is 11.3. The first kappa shape index (κ1) is 18.4. The third kappa shape index (κ3) is 4.05. The van der Waals surface area contributed by atoms with E-state index in [1.165, 1.54) is 0 Å². The molecule has 0 aliphatic rings. The molecule has 136 valence electrons. The minimum Gasteiger partial charge on any atom is -0.444 e. The van der Waals surface area contributed by atoms with Gasteiger partial charge in [-0.3, -0.25) is 9.72 Å². The van der Waals surface area contributed by atoms with Gasteiger partial charge >= 0.3 is 6.09 Å². The molecule has 7 heteroatoms. The molecule has 0 aliphatic carbocycles. The number of benzene rings is 1. The maximum Gasteiger partial charge on any atom is 0.412 e. The fourth-order valence-electron chi connectivity index (χ4n) is 2.58. The van der Waals surface area contributed by atoms with Gasteiger partial charge in [0.15, 0.2) is 0 Å². The van der Waals surface area contributed by atoms with E-state index in [1.54, 1.807) is 43.5 Å². The summed E-state index contributed by atoms with van der Waals surface area (Å²) in [4.78, 5) is 16.6. The van der Waals surface area contributed by atoms with Crippen LogP contribution in [-0.4, -0.2) is 26.2 Å². The number of carbonyl (C=O) groups excluding carboxylic acids is 1. The number of nitrogens with zero attached hydrogens (tertiary/aromatic N) is 2. The Balaban J connectivity index is 1.96. The van der Waals surface area contributed by atoms with Crippen molar-refractivity contribution >= 4 is 33.4 Å². The van der Waals surface area contributed by atoms with Crippen molar-refractivity contribution in [2.24, 2.45) is 0 Å². The van der Waals surface area contributed by atoms with Crippen molar-refractivity contribution in [3.63, 3.8) is 0 Å². The largest absolute Gasteiger partial charge is 0.444 e. The highest BCUT2D eigenvalue weighted by Crippen LogP contribution is 2.27. The zero-order valence-corrected chi connectivity index (χ0v) is 16.4. The lowest BCUT2D eigenvalue weighted by molar-refractivity contribution is 0.0636. The van der Waals surface area contributed by atoms with Crippen LogP contribution in [0.15, 0.2) is 47.1 Å². The Morgan fingerprint density at radius 2 is 1.92 bits per heavy atom. The number of hydrogen-bond acceptors (Lipinski definition) is 4. The molecule has 2 heterocycles. The number of hydrogen-bond donors (Lipinski definition) is 2. The maximum atomic E-state index is 12.0. The third-order valence-corrected chi connectivity index (χ3v) is 4.16. The molecule has 0 fully saturated rings. The first-order chi connectivity index (χ1) is 12.3. The van der Waals surface area contributed by atoms with E-state index in [0.29, 0.717) is 22.7 Å². The van der Waals surface area contributed by atoms with Crippen LogP contribution in [-0.2, 0) is 11.3 Å². The molecule has 2 N–H and O–H groups in total. The quantitative estimate of drug-likeness (QED) is 0.652. The highest BCUT2D eigenvalue weighted by atomic mass is 79.9. The molecule has 26 heavy (non-hydrogen) atoms. The lowest BCUT2D eigenvalue weighted by Gasteiger charge is -2.19. The van der Waals surface area contributed by atoms with Crippen LogP contribution < -0.4 is 5.32 Å². The number of anilines is 1.